The fourth-order valence-corrected chi connectivity index (χ4v) is 3.34. The molecule has 2 fully saturated rings. The van der Waals surface area contributed by atoms with E-state index in [9.17, 15) is 0 Å². The average Bonchev–Trinajstić information content (AvgIpc) is 2.33. The van der Waals surface area contributed by atoms with Crippen LogP contribution in [0, 0.1) is 0 Å². The van der Waals surface area contributed by atoms with Gasteiger partial charge in [0.25, 0.3) is 0 Å². The Labute approximate surface area is 88.3 Å². The van der Waals surface area contributed by atoms with Crippen LogP contribution in [0.3, 0.4) is 0 Å². The molecule has 2 aliphatic rings. The maximum Gasteiger partial charge on any atom is 0.0231 e. The minimum Gasteiger partial charge on any atom is -0.305 e. The predicted molar refractivity (Wildman–Crippen MR) is 60.5 cm³/mol. The number of hydrogen-bond acceptors (Lipinski definition) is 2. The molecule has 2 aliphatic heterocycles. The minimum atomic E-state index is 0.358. The molecule has 0 spiro atoms. The van der Waals surface area contributed by atoms with Gasteiger partial charge in [0, 0.05) is 24.2 Å². The molecule has 82 valence electrons. The van der Waals surface area contributed by atoms with Crippen molar-refractivity contribution in [3.8, 4) is 0 Å². The monoisotopic (exact) mass is 196 g/mol. The molecule has 0 N–H and O–H groups in total. The molecule has 2 rings (SSSR count). The lowest BCUT2D eigenvalue weighted by molar-refractivity contribution is 0.0797. The highest BCUT2D eigenvalue weighted by atomic mass is 15.3. The SMILES string of the molecule is CN1CCC2CCC(C1)N2C(C)(C)C. The summed E-state index contributed by atoms with van der Waals surface area (Å²) in [5.74, 6) is 0. The van der Waals surface area contributed by atoms with E-state index < -0.39 is 0 Å². The summed E-state index contributed by atoms with van der Waals surface area (Å²) in [4.78, 5) is 5.28. The Morgan fingerprint density at radius 2 is 1.64 bits per heavy atom. The number of likely N-dealkylation sites (tertiary alicyclic amines) is 1. The van der Waals surface area contributed by atoms with E-state index in [0.717, 1.165) is 12.1 Å². The Morgan fingerprint density at radius 3 is 2.29 bits per heavy atom. The quantitative estimate of drug-likeness (QED) is 0.584. The molecule has 0 saturated carbocycles. The van der Waals surface area contributed by atoms with Crippen LogP contribution in [-0.2, 0) is 0 Å². The van der Waals surface area contributed by atoms with Gasteiger partial charge in [-0.1, -0.05) is 0 Å². The van der Waals surface area contributed by atoms with Gasteiger partial charge < -0.3 is 4.90 Å². The summed E-state index contributed by atoms with van der Waals surface area (Å²) in [6.45, 7) is 9.65. The Kier molecular flexibility index (Phi) is 2.61. The molecule has 2 nitrogen and oxygen atoms in total. The molecule has 0 radical (unpaired) electrons. The number of rotatable bonds is 0. The first-order chi connectivity index (χ1) is 6.48. The molecule has 2 bridgehead atoms. The highest BCUT2D eigenvalue weighted by molar-refractivity contribution is 4.97. The maximum atomic E-state index is 2.77. The van der Waals surface area contributed by atoms with Crippen molar-refractivity contribution in [3.05, 3.63) is 0 Å². The Hall–Kier alpha value is -0.0800. The van der Waals surface area contributed by atoms with Crippen LogP contribution in [0.5, 0.6) is 0 Å². The van der Waals surface area contributed by atoms with E-state index in [2.05, 4.69) is 37.6 Å². The smallest absolute Gasteiger partial charge is 0.0231 e. The van der Waals surface area contributed by atoms with E-state index >= 15 is 0 Å². The van der Waals surface area contributed by atoms with Crippen molar-refractivity contribution in [1.29, 1.82) is 0 Å². The molecule has 2 heteroatoms. The van der Waals surface area contributed by atoms with Crippen molar-refractivity contribution in [1.82, 2.24) is 9.80 Å². The number of fused-ring (bicyclic) bond motifs is 2. The van der Waals surface area contributed by atoms with Crippen molar-refractivity contribution in [2.24, 2.45) is 0 Å². The van der Waals surface area contributed by atoms with Crippen LogP contribution in [0.15, 0.2) is 0 Å². The fourth-order valence-electron chi connectivity index (χ4n) is 3.34. The zero-order valence-corrected chi connectivity index (χ0v) is 10.1. The van der Waals surface area contributed by atoms with Gasteiger partial charge in [-0.3, -0.25) is 4.90 Å². The summed E-state index contributed by atoms with van der Waals surface area (Å²) in [7, 11) is 2.27. The largest absolute Gasteiger partial charge is 0.305 e. The van der Waals surface area contributed by atoms with Crippen molar-refractivity contribution in [3.63, 3.8) is 0 Å². The second-order valence-electron chi connectivity index (χ2n) is 6.01. The van der Waals surface area contributed by atoms with E-state index in [0.29, 0.717) is 5.54 Å². The van der Waals surface area contributed by atoms with Gasteiger partial charge in [0.2, 0.25) is 0 Å². The van der Waals surface area contributed by atoms with Crippen LogP contribution >= 0.6 is 0 Å². The van der Waals surface area contributed by atoms with Crippen LogP contribution in [0.25, 0.3) is 0 Å². The van der Waals surface area contributed by atoms with E-state index in [1.165, 1.54) is 32.4 Å². The maximum absolute atomic E-state index is 2.77. The zero-order valence-electron chi connectivity index (χ0n) is 10.1. The molecule has 14 heavy (non-hydrogen) atoms. The van der Waals surface area contributed by atoms with Gasteiger partial charge in [-0.25, -0.2) is 0 Å². The highest BCUT2D eigenvalue weighted by Crippen LogP contribution is 2.35. The third-order valence-corrected chi connectivity index (χ3v) is 3.76. The normalized spacial score (nSPS) is 36.0. The van der Waals surface area contributed by atoms with Gasteiger partial charge in [0.05, 0.1) is 0 Å². The summed E-state index contributed by atoms with van der Waals surface area (Å²) >= 11 is 0. The first-order valence-corrected chi connectivity index (χ1v) is 5.95. The first-order valence-electron chi connectivity index (χ1n) is 5.95. The van der Waals surface area contributed by atoms with Gasteiger partial charge in [-0.05, 0) is 53.6 Å². The third kappa shape index (κ3) is 1.82. The lowest BCUT2D eigenvalue weighted by atomic mass is 10.0. The summed E-state index contributed by atoms with van der Waals surface area (Å²) in [6.07, 6.45) is 4.20. The lowest BCUT2D eigenvalue weighted by Crippen LogP contribution is -2.49. The van der Waals surface area contributed by atoms with Crippen LogP contribution in [0.1, 0.15) is 40.0 Å². The lowest BCUT2D eigenvalue weighted by Gasteiger charge is -2.40. The second kappa shape index (κ2) is 3.49. The molecule has 2 heterocycles. The van der Waals surface area contributed by atoms with E-state index in [1.54, 1.807) is 0 Å². The topological polar surface area (TPSA) is 6.48 Å². The molecule has 2 atom stereocenters. The van der Waals surface area contributed by atoms with Gasteiger partial charge in [-0.2, -0.15) is 0 Å². The van der Waals surface area contributed by atoms with Gasteiger partial charge in [0.15, 0.2) is 0 Å². The van der Waals surface area contributed by atoms with Gasteiger partial charge in [0.1, 0.15) is 0 Å². The van der Waals surface area contributed by atoms with E-state index in [-0.39, 0.29) is 0 Å². The molecule has 2 saturated heterocycles. The minimum absolute atomic E-state index is 0.358. The van der Waals surface area contributed by atoms with Crippen molar-refractivity contribution < 1.29 is 0 Å². The van der Waals surface area contributed by atoms with Gasteiger partial charge in [-0.15, -0.1) is 0 Å². The van der Waals surface area contributed by atoms with Crippen molar-refractivity contribution in [2.45, 2.75) is 57.7 Å². The Balaban J connectivity index is 2.17. The molecular formula is C12H24N2. The standard InChI is InChI=1S/C12H24N2/c1-12(2,3)14-10-5-6-11(14)9-13(4)8-7-10/h10-11H,5-9H2,1-4H3. The summed E-state index contributed by atoms with van der Waals surface area (Å²) in [5.41, 5.74) is 0.358. The fraction of sp³-hybridized carbons (Fsp3) is 1.00. The summed E-state index contributed by atoms with van der Waals surface area (Å²) < 4.78 is 0. The van der Waals surface area contributed by atoms with Crippen LogP contribution in [0.2, 0.25) is 0 Å². The van der Waals surface area contributed by atoms with Crippen molar-refractivity contribution in [2.75, 3.05) is 20.1 Å². The molecule has 0 aromatic carbocycles. The number of nitrogens with zero attached hydrogens (tertiary/aromatic N) is 2. The molecule has 2 unspecified atom stereocenters. The molecule has 0 amide bonds. The number of likely N-dealkylation sites (N-methyl/N-ethyl adjacent to an activating group) is 1. The van der Waals surface area contributed by atoms with Crippen LogP contribution in [0.4, 0.5) is 0 Å². The summed E-state index contributed by atoms with van der Waals surface area (Å²) in [6, 6.07) is 1.66. The first kappa shape index (κ1) is 10.4. The van der Waals surface area contributed by atoms with Crippen LogP contribution < -0.4 is 0 Å². The van der Waals surface area contributed by atoms with Crippen LogP contribution in [-0.4, -0.2) is 47.6 Å². The molecule has 0 aromatic rings. The zero-order chi connectivity index (χ0) is 10.3. The average molecular weight is 196 g/mol. The summed E-state index contributed by atoms with van der Waals surface area (Å²) in [5, 5.41) is 0. The van der Waals surface area contributed by atoms with E-state index in [4.69, 9.17) is 0 Å². The molecule has 0 aliphatic carbocycles. The van der Waals surface area contributed by atoms with Gasteiger partial charge >= 0.3 is 0 Å². The van der Waals surface area contributed by atoms with Crippen molar-refractivity contribution >= 4 is 0 Å². The number of hydrogen-bond donors (Lipinski definition) is 0. The highest BCUT2D eigenvalue weighted by Gasteiger charge is 2.41. The third-order valence-electron chi connectivity index (χ3n) is 3.76. The Bertz CT molecular complexity index is 207. The second-order valence-corrected chi connectivity index (χ2v) is 6.01. The molecular weight excluding hydrogens is 172 g/mol. The predicted octanol–water partition coefficient (Wildman–Crippen LogP) is 1.95. The molecule has 0 aromatic heterocycles. The Morgan fingerprint density at radius 1 is 1.00 bits per heavy atom. The van der Waals surface area contributed by atoms with E-state index in [1.807, 2.05) is 0 Å².